The maximum atomic E-state index is 5.81. The highest BCUT2D eigenvalue weighted by atomic mass is 16.5. The molecule has 0 unspecified atom stereocenters. The number of benzene rings is 1. The molecular formula is C14H21NO3. The number of ether oxygens (including phenoxy) is 3. The van der Waals surface area contributed by atoms with Gasteiger partial charge in [-0.25, -0.2) is 0 Å². The maximum absolute atomic E-state index is 5.81. The highest BCUT2D eigenvalue weighted by Gasteiger charge is 2.06. The van der Waals surface area contributed by atoms with Gasteiger partial charge in [-0.05, 0) is 31.0 Å². The summed E-state index contributed by atoms with van der Waals surface area (Å²) >= 11 is 0. The number of nitrogens with one attached hydrogen (secondary N) is 1. The van der Waals surface area contributed by atoms with Crippen LogP contribution in [0.15, 0.2) is 18.2 Å². The predicted molar refractivity (Wildman–Crippen MR) is 70.2 cm³/mol. The zero-order valence-electron chi connectivity index (χ0n) is 10.9. The normalized spacial score (nSPS) is 17.8. The molecule has 0 bridgehead atoms. The Bertz CT molecular complexity index is 368. The molecule has 1 aromatic carbocycles. The van der Waals surface area contributed by atoms with Gasteiger partial charge in [-0.2, -0.15) is 0 Å². The quantitative estimate of drug-likeness (QED) is 0.828. The Morgan fingerprint density at radius 2 is 2.06 bits per heavy atom. The molecule has 4 nitrogen and oxygen atoms in total. The van der Waals surface area contributed by atoms with Gasteiger partial charge in [0.2, 0.25) is 0 Å². The van der Waals surface area contributed by atoms with Crippen LogP contribution < -0.4 is 14.8 Å². The van der Waals surface area contributed by atoms with E-state index >= 15 is 0 Å². The highest BCUT2D eigenvalue weighted by Crippen LogP contribution is 2.24. The second-order valence-electron chi connectivity index (χ2n) is 4.32. The molecule has 0 fully saturated rings. The van der Waals surface area contributed by atoms with E-state index in [-0.39, 0.29) is 0 Å². The predicted octanol–water partition coefficient (Wildman–Crippen LogP) is 1.97. The van der Waals surface area contributed by atoms with Crippen molar-refractivity contribution in [1.29, 1.82) is 0 Å². The van der Waals surface area contributed by atoms with Crippen molar-refractivity contribution in [3.63, 3.8) is 0 Å². The molecule has 1 heterocycles. The van der Waals surface area contributed by atoms with Crippen LogP contribution >= 0.6 is 0 Å². The highest BCUT2D eigenvalue weighted by molar-refractivity contribution is 5.40. The summed E-state index contributed by atoms with van der Waals surface area (Å²) in [6.07, 6.45) is 2.07. The first kappa shape index (κ1) is 13.2. The van der Waals surface area contributed by atoms with Gasteiger partial charge < -0.3 is 19.5 Å². The van der Waals surface area contributed by atoms with Crippen LogP contribution in [0.2, 0.25) is 0 Å². The topological polar surface area (TPSA) is 39.7 Å². The van der Waals surface area contributed by atoms with Crippen LogP contribution in [-0.4, -0.2) is 33.5 Å². The third-order valence-corrected chi connectivity index (χ3v) is 2.95. The second-order valence-corrected chi connectivity index (χ2v) is 4.32. The largest absolute Gasteiger partial charge is 0.497 e. The zero-order chi connectivity index (χ0) is 12.6. The van der Waals surface area contributed by atoms with Crippen LogP contribution in [0.3, 0.4) is 0 Å². The van der Waals surface area contributed by atoms with Gasteiger partial charge in [0.15, 0.2) is 0 Å². The monoisotopic (exact) mass is 251 g/mol. The van der Waals surface area contributed by atoms with E-state index in [0.717, 1.165) is 62.8 Å². The molecular weight excluding hydrogens is 230 g/mol. The average molecular weight is 251 g/mol. The van der Waals surface area contributed by atoms with Gasteiger partial charge in [0, 0.05) is 25.3 Å². The summed E-state index contributed by atoms with van der Waals surface area (Å²) in [7, 11) is 1.68. The van der Waals surface area contributed by atoms with Crippen LogP contribution in [0, 0.1) is 0 Å². The van der Waals surface area contributed by atoms with Crippen molar-refractivity contribution in [2.45, 2.75) is 19.4 Å². The summed E-state index contributed by atoms with van der Waals surface area (Å²) in [6.45, 7) is 3.95. The molecule has 0 aliphatic carbocycles. The molecule has 0 aromatic heterocycles. The molecule has 0 amide bonds. The molecule has 2 rings (SSSR count). The van der Waals surface area contributed by atoms with Gasteiger partial charge in [0.05, 0.1) is 20.3 Å². The first-order chi connectivity index (χ1) is 8.90. The lowest BCUT2D eigenvalue weighted by molar-refractivity contribution is 0.126. The van der Waals surface area contributed by atoms with Crippen molar-refractivity contribution in [2.75, 3.05) is 33.5 Å². The van der Waals surface area contributed by atoms with Crippen LogP contribution in [-0.2, 0) is 11.3 Å². The Balaban J connectivity index is 2.07. The van der Waals surface area contributed by atoms with Gasteiger partial charge in [-0.15, -0.1) is 0 Å². The Hall–Kier alpha value is -1.26. The molecule has 0 radical (unpaired) electrons. The summed E-state index contributed by atoms with van der Waals surface area (Å²) in [6, 6.07) is 5.95. The van der Waals surface area contributed by atoms with E-state index in [2.05, 4.69) is 5.32 Å². The van der Waals surface area contributed by atoms with Crippen molar-refractivity contribution in [3.05, 3.63) is 23.8 Å². The lowest BCUT2D eigenvalue weighted by atomic mass is 10.2. The van der Waals surface area contributed by atoms with Gasteiger partial charge in [-0.1, -0.05) is 0 Å². The van der Waals surface area contributed by atoms with E-state index in [9.17, 15) is 0 Å². The summed E-state index contributed by atoms with van der Waals surface area (Å²) < 4.78 is 16.6. The number of fused-ring (bicyclic) bond motifs is 1. The Labute approximate surface area is 108 Å². The maximum Gasteiger partial charge on any atom is 0.124 e. The number of methoxy groups -OCH3 is 1. The lowest BCUT2D eigenvalue weighted by Gasteiger charge is -2.15. The molecule has 0 atom stereocenters. The van der Waals surface area contributed by atoms with E-state index in [4.69, 9.17) is 14.2 Å². The second kappa shape index (κ2) is 7.24. The number of rotatable bonds is 1. The standard InChI is InChI=1S/C14H21NO3/c1-16-13-4-5-14-12(10-13)11-15-6-9-17-7-2-3-8-18-14/h4-5,10,15H,2-3,6-9,11H2,1H3. The minimum absolute atomic E-state index is 0.739. The molecule has 0 saturated carbocycles. The SMILES string of the molecule is COc1ccc2c(c1)CNCCOCCCCO2. The summed E-state index contributed by atoms with van der Waals surface area (Å²) in [5.74, 6) is 1.81. The van der Waals surface area contributed by atoms with Crippen molar-refractivity contribution in [2.24, 2.45) is 0 Å². The lowest BCUT2D eigenvalue weighted by Crippen LogP contribution is -2.20. The third kappa shape index (κ3) is 3.89. The Kier molecular flexibility index (Phi) is 5.30. The summed E-state index contributed by atoms with van der Waals surface area (Å²) in [5, 5.41) is 3.35. The van der Waals surface area contributed by atoms with E-state index in [0.29, 0.717) is 0 Å². The number of hydrogen-bond acceptors (Lipinski definition) is 4. The minimum Gasteiger partial charge on any atom is -0.497 e. The van der Waals surface area contributed by atoms with Crippen molar-refractivity contribution in [3.8, 4) is 11.5 Å². The molecule has 0 spiro atoms. The molecule has 1 aromatic rings. The Morgan fingerprint density at radius 3 is 2.94 bits per heavy atom. The minimum atomic E-state index is 0.739. The van der Waals surface area contributed by atoms with Gasteiger partial charge in [0.25, 0.3) is 0 Å². The van der Waals surface area contributed by atoms with E-state index < -0.39 is 0 Å². The van der Waals surface area contributed by atoms with Crippen molar-refractivity contribution in [1.82, 2.24) is 5.32 Å². The van der Waals surface area contributed by atoms with E-state index in [1.807, 2.05) is 18.2 Å². The summed E-state index contributed by atoms with van der Waals surface area (Å²) in [5.41, 5.74) is 1.13. The van der Waals surface area contributed by atoms with Gasteiger partial charge >= 0.3 is 0 Å². The molecule has 0 saturated heterocycles. The van der Waals surface area contributed by atoms with Crippen LogP contribution in [0.25, 0.3) is 0 Å². The molecule has 1 aliphatic heterocycles. The smallest absolute Gasteiger partial charge is 0.124 e. The van der Waals surface area contributed by atoms with Crippen LogP contribution in [0.5, 0.6) is 11.5 Å². The molecule has 1 aliphatic rings. The first-order valence-electron chi connectivity index (χ1n) is 6.48. The molecule has 18 heavy (non-hydrogen) atoms. The van der Waals surface area contributed by atoms with Gasteiger partial charge in [-0.3, -0.25) is 0 Å². The van der Waals surface area contributed by atoms with Crippen molar-refractivity contribution < 1.29 is 14.2 Å². The molecule has 4 heteroatoms. The van der Waals surface area contributed by atoms with Crippen LogP contribution in [0.4, 0.5) is 0 Å². The fraction of sp³-hybridized carbons (Fsp3) is 0.571. The first-order valence-corrected chi connectivity index (χ1v) is 6.48. The van der Waals surface area contributed by atoms with Crippen LogP contribution in [0.1, 0.15) is 18.4 Å². The van der Waals surface area contributed by atoms with E-state index in [1.54, 1.807) is 7.11 Å². The molecule has 100 valence electrons. The third-order valence-electron chi connectivity index (χ3n) is 2.95. The zero-order valence-corrected chi connectivity index (χ0v) is 10.9. The van der Waals surface area contributed by atoms with Gasteiger partial charge in [0.1, 0.15) is 11.5 Å². The molecule has 1 N–H and O–H groups in total. The average Bonchev–Trinajstić information content (AvgIpc) is 2.39. The summed E-state index contributed by atoms with van der Waals surface area (Å²) in [4.78, 5) is 0. The van der Waals surface area contributed by atoms with Crippen molar-refractivity contribution >= 4 is 0 Å². The fourth-order valence-electron chi connectivity index (χ4n) is 1.92. The number of hydrogen-bond donors (Lipinski definition) is 1. The fourth-order valence-corrected chi connectivity index (χ4v) is 1.92. The Morgan fingerprint density at radius 1 is 1.17 bits per heavy atom. The van der Waals surface area contributed by atoms with E-state index in [1.165, 1.54) is 0 Å².